The molecular formula is C11H14N2. The zero-order valence-corrected chi connectivity index (χ0v) is 7.90. The first-order valence-corrected chi connectivity index (χ1v) is 4.49. The molecule has 0 aliphatic carbocycles. The van der Waals surface area contributed by atoms with Crippen molar-refractivity contribution in [3.8, 4) is 0 Å². The van der Waals surface area contributed by atoms with E-state index in [9.17, 15) is 0 Å². The molecule has 1 aliphatic rings. The van der Waals surface area contributed by atoms with Crippen molar-refractivity contribution in [2.45, 2.75) is 0 Å². The van der Waals surface area contributed by atoms with Crippen molar-refractivity contribution in [1.29, 1.82) is 0 Å². The maximum atomic E-state index is 3.76. The van der Waals surface area contributed by atoms with Gasteiger partial charge in [-0.1, -0.05) is 18.2 Å². The number of hydrogen-bond donors (Lipinski definition) is 0. The Hall–Kier alpha value is -1.44. The quantitative estimate of drug-likeness (QED) is 0.633. The first kappa shape index (κ1) is 8.17. The molecule has 1 heterocycles. The molecule has 0 saturated heterocycles. The Bertz CT molecular complexity index is 320. The zero-order valence-electron chi connectivity index (χ0n) is 7.90. The molecule has 0 saturated carbocycles. The Kier molecular flexibility index (Phi) is 1.97. The first-order valence-electron chi connectivity index (χ1n) is 4.49. The van der Waals surface area contributed by atoms with E-state index in [0.29, 0.717) is 0 Å². The van der Waals surface area contributed by atoms with E-state index in [0.717, 1.165) is 13.2 Å². The Balaban J connectivity index is 2.35. The molecule has 0 radical (unpaired) electrons. The molecule has 1 aromatic rings. The van der Waals surface area contributed by atoms with Crippen LogP contribution in [0.15, 0.2) is 36.9 Å². The average molecular weight is 174 g/mol. The lowest BCUT2D eigenvalue weighted by molar-refractivity contribution is 0.875. The summed E-state index contributed by atoms with van der Waals surface area (Å²) in [4.78, 5) is 4.56. The predicted molar refractivity (Wildman–Crippen MR) is 57.3 cm³/mol. The fraction of sp³-hybridized carbons (Fsp3) is 0.273. The molecule has 0 aromatic heterocycles. The van der Waals surface area contributed by atoms with E-state index in [1.165, 1.54) is 11.4 Å². The van der Waals surface area contributed by atoms with E-state index in [2.05, 4.69) is 47.7 Å². The van der Waals surface area contributed by atoms with E-state index in [1.807, 2.05) is 6.08 Å². The number of benzene rings is 1. The van der Waals surface area contributed by atoms with Gasteiger partial charge in [-0.25, -0.2) is 0 Å². The van der Waals surface area contributed by atoms with Crippen LogP contribution in [0.25, 0.3) is 0 Å². The molecule has 0 amide bonds. The summed E-state index contributed by atoms with van der Waals surface area (Å²) >= 11 is 0. The van der Waals surface area contributed by atoms with E-state index in [-0.39, 0.29) is 0 Å². The molecule has 0 atom stereocenters. The van der Waals surface area contributed by atoms with Crippen molar-refractivity contribution in [3.05, 3.63) is 36.9 Å². The Morgan fingerprint density at radius 1 is 1.38 bits per heavy atom. The van der Waals surface area contributed by atoms with Gasteiger partial charge in [0, 0.05) is 13.6 Å². The summed E-state index contributed by atoms with van der Waals surface area (Å²) in [7, 11) is 2.11. The van der Waals surface area contributed by atoms with Gasteiger partial charge in [-0.15, -0.1) is 6.58 Å². The van der Waals surface area contributed by atoms with Crippen molar-refractivity contribution in [2.75, 3.05) is 30.1 Å². The van der Waals surface area contributed by atoms with Gasteiger partial charge in [-0.2, -0.15) is 0 Å². The number of para-hydroxylation sites is 2. The van der Waals surface area contributed by atoms with Crippen LogP contribution in [0.2, 0.25) is 0 Å². The third-order valence-electron chi connectivity index (χ3n) is 2.37. The molecule has 1 aromatic carbocycles. The van der Waals surface area contributed by atoms with E-state index < -0.39 is 0 Å². The van der Waals surface area contributed by atoms with Gasteiger partial charge in [0.2, 0.25) is 0 Å². The molecule has 1 aliphatic heterocycles. The van der Waals surface area contributed by atoms with Crippen LogP contribution in [0.5, 0.6) is 0 Å². The van der Waals surface area contributed by atoms with Gasteiger partial charge >= 0.3 is 0 Å². The molecular weight excluding hydrogens is 160 g/mol. The lowest BCUT2D eigenvalue weighted by Crippen LogP contribution is -2.27. The largest absolute Gasteiger partial charge is 0.355 e. The van der Waals surface area contributed by atoms with Gasteiger partial charge < -0.3 is 9.80 Å². The second kappa shape index (κ2) is 3.13. The second-order valence-corrected chi connectivity index (χ2v) is 3.34. The molecule has 0 fully saturated rings. The fourth-order valence-electron chi connectivity index (χ4n) is 1.77. The Morgan fingerprint density at radius 2 is 2.08 bits per heavy atom. The highest BCUT2D eigenvalue weighted by molar-refractivity contribution is 5.75. The summed E-state index contributed by atoms with van der Waals surface area (Å²) in [5.41, 5.74) is 2.62. The van der Waals surface area contributed by atoms with Crippen LogP contribution < -0.4 is 9.80 Å². The fourth-order valence-corrected chi connectivity index (χ4v) is 1.77. The topological polar surface area (TPSA) is 6.48 Å². The molecule has 0 spiro atoms. The van der Waals surface area contributed by atoms with Crippen LogP contribution in [0.1, 0.15) is 0 Å². The maximum Gasteiger partial charge on any atom is 0.0904 e. The maximum absolute atomic E-state index is 3.76. The highest BCUT2D eigenvalue weighted by Gasteiger charge is 2.20. The smallest absolute Gasteiger partial charge is 0.0904 e. The third kappa shape index (κ3) is 1.28. The minimum absolute atomic E-state index is 0.918. The van der Waals surface area contributed by atoms with E-state index >= 15 is 0 Å². The zero-order chi connectivity index (χ0) is 9.26. The van der Waals surface area contributed by atoms with Crippen LogP contribution in [-0.4, -0.2) is 20.3 Å². The number of nitrogens with zero attached hydrogens (tertiary/aromatic N) is 2. The van der Waals surface area contributed by atoms with Crippen molar-refractivity contribution in [3.63, 3.8) is 0 Å². The molecule has 0 bridgehead atoms. The van der Waals surface area contributed by atoms with Crippen LogP contribution in [-0.2, 0) is 0 Å². The first-order chi connectivity index (χ1) is 6.33. The summed E-state index contributed by atoms with van der Waals surface area (Å²) < 4.78 is 0. The van der Waals surface area contributed by atoms with Crippen LogP contribution >= 0.6 is 0 Å². The SMILES string of the molecule is C=CCN1CN(C)c2ccccc21. The summed E-state index contributed by atoms with van der Waals surface area (Å²) in [6.45, 7) is 5.64. The van der Waals surface area contributed by atoms with Crippen molar-refractivity contribution in [2.24, 2.45) is 0 Å². The number of rotatable bonds is 2. The average Bonchev–Trinajstić information content (AvgIpc) is 2.46. The highest BCUT2D eigenvalue weighted by atomic mass is 15.4. The highest BCUT2D eigenvalue weighted by Crippen LogP contribution is 2.33. The second-order valence-electron chi connectivity index (χ2n) is 3.34. The number of anilines is 2. The Labute approximate surface area is 79.1 Å². The molecule has 68 valence electrons. The summed E-state index contributed by atoms with van der Waals surface area (Å²) in [5.74, 6) is 0. The molecule has 0 N–H and O–H groups in total. The summed E-state index contributed by atoms with van der Waals surface area (Å²) in [6, 6.07) is 8.46. The molecule has 2 heteroatoms. The van der Waals surface area contributed by atoms with Crippen LogP contribution in [0, 0.1) is 0 Å². The monoisotopic (exact) mass is 174 g/mol. The minimum Gasteiger partial charge on any atom is -0.355 e. The van der Waals surface area contributed by atoms with Gasteiger partial charge in [0.15, 0.2) is 0 Å². The lowest BCUT2D eigenvalue weighted by atomic mass is 10.2. The summed E-state index contributed by atoms with van der Waals surface area (Å²) in [5, 5.41) is 0. The third-order valence-corrected chi connectivity index (χ3v) is 2.37. The van der Waals surface area contributed by atoms with Crippen LogP contribution in [0.3, 0.4) is 0 Å². The lowest BCUT2D eigenvalue weighted by Gasteiger charge is -2.16. The van der Waals surface area contributed by atoms with Crippen molar-refractivity contribution in [1.82, 2.24) is 0 Å². The van der Waals surface area contributed by atoms with E-state index in [4.69, 9.17) is 0 Å². The standard InChI is InChI=1S/C11H14N2/c1-3-8-13-9-12(2)10-6-4-5-7-11(10)13/h3-7H,1,8-9H2,2H3. The van der Waals surface area contributed by atoms with Crippen molar-refractivity contribution < 1.29 is 0 Å². The van der Waals surface area contributed by atoms with Gasteiger partial charge in [0.1, 0.15) is 0 Å². The van der Waals surface area contributed by atoms with Gasteiger partial charge in [-0.3, -0.25) is 0 Å². The van der Waals surface area contributed by atoms with Gasteiger partial charge in [0.25, 0.3) is 0 Å². The Morgan fingerprint density at radius 3 is 2.77 bits per heavy atom. The van der Waals surface area contributed by atoms with E-state index in [1.54, 1.807) is 0 Å². The molecule has 13 heavy (non-hydrogen) atoms. The summed E-state index contributed by atoms with van der Waals surface area (Å²) in [6.07, 6.45) is 1.94. The normalized spacial score (nSPS) is 14.5. The van der Waals surface area contributed by atoms with Gasteiger partial charge in [0.05, 0.1) is 18.0 Å². The molecule has 2 rings (SSSR count). The molecule has 0 unspecified atom stereocenters. The van der Waals surface area contributed by atoms with Crippen LogP contribution in [0.4, 0.5) is 11.4 Å². The number of fused-ring (bicyclic) bond motifs is 1. The van der Waals surface area contributed by atoms with Gasteiger partial charge in [-0.05, 0) is 12.1 Å². The number of hydrogen-bond acceptors (Lipinski definition) is 2. The molecule has 2 nitrogen and oxygen atoms in total. The predicted octanol–water partition coefficient (Wildman–Crippen LogP) is 2.09. The minimum atomic E-state index is 0.918. The van der Waals surface area contributed by atoms with Crippen molar-refractivity contribution >= 4 is 11.4 Å².